The zero-order valence-electron chi connectivity index (χ0n) is 15.5. The van der Waals surface area contributed by atoms with Crippen LogP contribution in [0.1, 0.15) is 43.6 Å². The molecule has 3 rings (SSSR count). The third-order valence-electron chi connectivity index (χ3n) is 4.26. The first-order valence-electron chi connectivity index (χ1n) is 9.02. The van der Waals surface area contributed by atoms with E-state index in [2.05, 4.69) is 22.5 Å². The summed E-state index contributed by atoms with van der Waals surface area (Å²) < 4.78 is 1.25. The molecule has 0 saturated carbocycles. The summed E-state index contributed by atoms with van der Waals surface area (Å²) in [5.74, 6) is -0.438. The normalized spacial score (nSPS) is 11.6. The third-order valence-corrected chi connectivity index (χ3v) is 4.26. The molecule has 1 N–H and O–H groups in total. The fourth-order valence-corrected chi connectivity index (χ4v) is 2.79. The first kappa shape index (κ1) is 18.5. The van der Waals surface area contributed by atoms with Crippen LogP contribution >= 0.6 is 0 Å². The maximum absolute atomic E-state index is 12.8. The summed E-state index contributed by atoms with van der Waals surface area (Å²) in [5.41, 5.74) is 3.92. The number of amides is 1. The van der Waals surface area contributed by atoms with Gasteiger partial charge in [-0.05, 0) is 38.0 Å². The Balaban J connectivity index is 2.05. The highest BCUT2D eigenvalue weighted by Crippen LogP contribution is 2.15. The van der Waals surface area contributed by atoms with Gasteiger partial charge < -0.3 is 0 Å². The zero-order valence-corrected chi connectivity index (χ0v) is 15.5. The van der Waals surface area contributed by atoms with E-state index in [1.54, 1.807) is 36.4 Å². The topological polar surface area (TPSA) is 76.3 Å². The Morgan fingerprint density at radius 2 is 1.74 bits per heavy atom. The lowest BCUT2D eigenvalue weighted by atomic mass is 10.1. The van der Waals surface area contributed by atoms with E-state index in [0.717, 1.165) is 25.0 Å². The number of rotatable bonds is 6. The molecule has 0 bridgehead atoms. The Labute approximate surface area is 157 Å². The van der Waals surface area contributed by atoms with Gasteiger partial charge in [0.25, 0.3) is 11.5 Å². The molecule has 0 spiro atoms. The van der Waals surface area contributed by atoms with E-state index < -0.39 is 5.91 Å². The zero-order chi connectivity index (χ0) is 19.2. The van der Waals surface area contributed by atoms with E-state index in [1.165, 1.54) is 4.68 Å². The summed E-state index contributed by atoms with van der Waals surface area (Å²) in [5, 5.41) is 9.44. The monoisotopic (exact) mass is 362 g/mol. The van der Waals surface area contributed by atoms with E-state index in [9.17, 15) is 9.59 Å². The van der Waals surface area contributed by atoms with Crippen LogP contribution in [0, 0.1) is 0 Å². The number of unbranched alkanes of at least 4 members (excludes halogenated alkanes) is 1. The van der Waals surface area contributed by atoms with Crippen LogP contribution in [-0.4, -0.2) is 21.4 Å². The molecule has 0 atom stereocenters. The molecule has 138 valence electrons. The molecule has 0 unspecified atom stereocenters. The number of nitrogens with one attached hydrogen (secondary N) is 1. The minimum atomic E-state index is -0.438. The standard InChI is InChI=1S/C21H22N4O2/c1-3-4-10-15(2)22-23-20(26)19-17-13-8-9-14-18(17)21(27)25(24-19)16-11-6-5-7-12-16/h5-9,11-14H,3-4,10H2,1-2H3,(H,23,26)/b22-15-. The summed E-state index contributed by atoms with van der Waals surface area (Å²) in [4.78, 5) is 25.6. The van der Waals surface area contributed by atoms with E-state index in [-0.39, 0.29) is 11.3 Å². The van der Waals surface area contributed by atoms with Crippen LogP contribution in [0.3, 0.4) is 0 Å². The summed E-state index contributed by atoms with van der Waals surface area (Å²) in [6.07, 6.45) is 2.91. The molecule has 0 aliphatic rings. The van der Waals surface area contributed by atoms with Crippen molar-refractivity contribution in [1.29, 1.82) is 0 Å². The van der Waals surface area contributed by atoms with Gasteiger partial charge in [0.1, 0.15) is 0 Å². The quantitative estimate of drug-likeness (QED) is 0.537. The number of carbonyl (C=O) groups excluding carboxylic acids is 1. The van der Waals surface area contributed by atoms with Gasteiger partial charge in [-0.2, -0.15) is 14.9 Å². The van der Waals surface area contributed by atoms with Crippen LogP contribution < -0.4 is 11.0 Å². The molecule has 0 radical (unpaired) electrons. The maximum atomic E-state index is 12.8. The molecular weight excluding hydrogens is 340 g/mol. The molecule has 1 amide bonds. The van der Waals surface area contributed by atoms with Crippen molar-refractivity contribution >= 4 is 22.4 Å². The van der Waals surface area contributed by atoms with Crippen LogP contribution in [0.25, 0.3) is 16.5 Å². The molecule has 6 heteroatoms. The number of benzene rings is 2. The van der Waals surface area contributed by atoms with Gasteiger partial charge in [-0.3, -0.25) is 9.59 Å². The molecule has 1 heterocycles. The van der Waals surface area contributed by atoms with Crippen molar-refractivity contribution in [3.05, 3.63) is 70.6 Å². The van der Waals surface area contributed by atoms with Crippen molar-refractivity contribution in [2.45, 2.75) is 33.1 Å². The minimum absolute atomic E-state index is 0.168. The van der Waals surface area contributed by atoms with Crippen molar-refractivity contribution in [3.63, 3.8) is 0 Å². The molecule has 3 aromatic rings. The maximum Gasteiger partial charge on any atom is 0.292 e. The average molecular weight is 362 g/mol. The number of hydrazone groups is 1. The molecule has 0 aliphatic carbocycles. The lowest BCUT2D eigenvalue weighted by Gasteiger charge is -2.10. The van der Waals surface area contributed by atoms with Crippen molar-refractivity contribution in [3.8, 4) is 5.69 Å². The van der Waals surface area contributed by atoms with Crippen LogP contribution in [0.4, 0.5) is 0 Å². The van der Waals surface area contributed by atoms with Gasteiger partial charge in [-0.1, -0.05) is 49.7 Å². The number of aromatic nitrogens is 2. The predicted molar refractivity (Wildman–Crippen MR) is 107 cm³/mol. The highest BCUT2D eigenvalue weighted by atomic mass is 16.2. The second-order valence-corrected chi connectivity index (χ2v) is 6.34. The third kappa shape index (κ3) is 4.11. The van der Waals surface area contributed by atoms with Crippen LogP contribution in [0.2, 0.25) is 0 Å². The fourth-order valence-electron chi connectivity index (χ4n) is 2.79. The van der Waals surface area contributed by atoms with Gasteiger partial charge in [0.05, 0.1) is 11.1 Å². The predicted octanol–water partition coefficient (Wildman–Crippen LogP) is 3.68. The van der Waals surface area contributed by atoms with Crippen LogP contribution in [-0.2, 0) is 0 Å². The van der Waals surface area contributed by atoms with Gasteiger partial charge in [0.15, 0.2) is 5.69 Å². The van der Waals surface area contributed by atoms with E-state index in [0.29, 0.717) is 16.5 Å². The number of carbonyl (C=O) groups is 1. The molecular formula is C21H22N4O2. The first-order chi connectivity index (χ1) is 13.1. The fraction of sp³-hybridized carbons (Fsp3) is 0.238. The number of para-hydroxylation sites is 1. The van der Waals surface area contributed by atoms with Crippen LogP contribution in [0.15, 0.2) is 64.5 Å². The molecule has 0 fully saturated rings. The molecule has 0 saturated heterocycles. The van der Waals surface area contributed by atoms with Gasteiger partial charge in [0, 0.05) is 11.1 Å². The van der Waals surface area contributed by atoms with Crippen molar-refractivity contribution in [1.82, 2.24) is 15.2 Å². The number of nitrogens with zero attached hydrogens (tertiary/aromatic N) is 3. The Morgan fingerprint density at radius 1 is 1.07 bits per heavy atom. The number of hydrogen-bond acceptors (Lipinski definition) is 4. The molecule has 1 aromatic heterocycles. The summed E-state index contributed by atoms with van der Waals surface area (Å²) in [6.45, 7) is 3.99. The second kappa shape index (κ2) is 8.40. The molecule has 27 heavy (non-hydrogen) atoms. The highest BCUT2D eigenvalue weighted by molar-refractivity contribution is 6.05. The smallest absolute Gasteiger partial charge is 0.267 e. The van der Waals surface area contributed by atoms with Gasteiger partial charge in [-0.15, -0.1) is 0 Å². The van der Waals surface area contributed by atoms with E-state index in [4.69, 9.17) is 0 Å². The lowest BCUT2D eigenvalue weighted by molar-refractivity contribution is 0.0950. The SMILES string of the molecule is CCCC/C(C)=N\NC(=O)c1nn(-c2ccccc2)c(=O)c2ccccc12. The average Bonchev–Trinajstić information content (AvgIpc) is 2.71. The Bertz CT molecular complexity index is 1040. The Hall–Kier alpha value is -3.28. The molecule has 2 aromatic carbocycles. The van der Waals surface area contributed by atoms with Crippen molar-refractivity contribution in [2.75, 3.05) is 0 Å². The first-order valence-corrected chi connectivity index (χ1v) is 9.02. The van der Waals surface area contributed by atoms with Crippen LogP contribution in [0.5, 0.6) is 0 Å². The van der Waals surface area contributed by atoms with E-state index in [1.807, 2.05) is 25.1 Å². The largest absolute Gasteiger partial charge is 0.292 e. The molecule has 0 aliphatic heterocycles. The lowest BCUT2D eigenvalue weighted by Crippen LogP contribution is -2.28. The summed E-state index contributed by atoms with van der Waals surface area (Å²) in [6, 6.07) is 16.0. The molecule has 6 nitrogen and oxygen atoms in total. The summed E-state index contributed by atoms with van der Waals surface area (Å²) >= 11 is 0. The van der Waals surface area contributed by atoms with Crippen molar-refractivity contribution < 1.29 is 4.79 Å². The van der Waals surface area contributed by atoms with Crippen molar-refractivity contribution in [2.24, 2.45) is 5.10 Å². The summed E-state index contributed by atoms with van der Waals surface area (Å²) in [7, 11) is 0. The van der Waals surface area contributed by atoms with Gasteiger partial charge >= 0.3 is 0 Å². The number of fused-ring (bicyclic) bond motifs is 1. The number of hydrogen-bond donors (Lipinski definition) is 1. The Kier molecular flexibility index (Phi) is 5.76. The Morgan fingerprint density at radius 3 is 2.44 bits per heavy atom. The highest BCUT2D eigenvalue weighted by Gasteiger charge is 2.17. The minimum Gasteiger partial charge on any atom is -0.267 e. The second-order valence-electron chi connectivity index (χ2n) is 6.34. The van der Waals surface area contributed by atoms with Gasteiger partial charge in [-0.25, -0.2) is 5.43 Å². The van der Waals surface area contributed by atoms with E-state index >= 15 is 0 Å². The van der Waals surface area contributed by atoms with Gasteiger partial charge in [0.2, 0.25) is 0 Å².